The van der Waals surface area contributed by atoms with Crippen LogP contribution in [0.4, 0.5) is 0 Å². The molecule has 216 valence electrons. The number of carboxylic acid groups (broad SMARTS) is 1. The van der Waals surface area contributed by atoms with Crippen molar-refractivity contribution in [1.82, 2.24) is 0 Å². The molecule has 0 aromatic carbocycles. The summed E-state index contributed by atoms with van der Waals surface area (Å²) in [4.78, 5) is 24.9. The molecule has 6 N–H and O–H groups in total. The molecule has 0 aromatic rings. The molecule has 3 rings (SSSR count). The zero-order chi connectivity index (χ0) is 28.2. The summed E-state index contributed by atoms with van der Waals surface area (Å²) in [5, 5.41) is 58.8. The van der Waals surface area contributed by atoms with E-state index in [1.165, 1.54) is 0 Å². The van der Waals surface area contributed by atoms with Crippen LogP contribution in [0, 0.1) is 17.8 Å². The number of rotatable bonds is 11. The summed E-state index contributed by atoms with van der Waals surface area (Å²) >= 11 is 0. The maximum atomic E-state index is 13.0. The van der Waals surface area contributed by atoms with E-state index in [0.29, 0.717) is 37.2 Å². The normalized spacial score (nSPS) is 38.1. The number of esters is 1. The maximum Gasteiger partial charge on any atom is 0.334 e. The number of carbonyl (C=O) groups is 2. The van der Waals surface area contributed by atoms with Crippen molar-refractivity contribution in [1.29, 1.82) is 0 Å². The third kappa shape index (κ3) is 6.56. The SMILES string of the molecule is C/C(=C\CCC(C)CCO)C(=O)OC1(C)CCC2C(C(=O)O)=COC(OC3OC(CO)C(O)C(O)C3O)C21. The molecule has 38 heavy (non-hydrogen) atoms. The Hall–Kier alpha value is -2.06. The topological polar surface area (TPSA) is 192 Å². The molecular formula is C26H40O12. The van der Waals surface area contributed by atoms with Gasteiger partial charge in [-0.05, 0) is 51.9 Å². The molecule has 1 aliphatic carbocycles. The summed E-state index contributed by atoms with van der Waals surface area (Å²) in [6.07, 6.45) is -3.27. The molecule has 1 saturated heterocycles. The molecule has 3 aliphatic rings. The van der Waals surface area contributed by atoms with E-state index in [4.69, 9.17) is 24.1 Å². The van der Waals surface area contributed by atoms with Gasteiger partial charge in [0.2, 0.25) is 6.29 Å². The van der Waals surface area contributed by atoms with Gasteiger partial charge < -0.3 is 49.6 Å². The third-order valence-corrected chi connectivity index (χ3v) is 7.86. The number of hydrogen-bond acceptors (Lipinski definition) is 11. The van der Waals surface area contributed by atoms with E-state index in [-0.39, 0.29) is 12.2 Å². The fourth-order valence-electron chi connectivity index (χ4n) is 5.43. The molecule has 0 aromatic heterocycles. The van der Waals surface area contributed by atoms with Gasteiger partial charge in [0, 0.05) is 18.1 Å². The lowest BCUT2D eigenvalue weighted by atomic mass is 9.81. The van der Waals surface area contributed by atoms with Crippen LogP contribution in [0.2, 0.25) is 0 Å². The highest BCUT2D eigenvalue weighted by molar-refractivity contribution is 5.88. The summed E-state index contributed by atoms with van der Waals surface area (Å²) in [7, 11) is 0. The van der Waals surface area contributed by atoms with E-state index in [0.717, 1.165) is 12.7 Å². The van der Waals surface area contributed by atoms with Gasteiger partial charge in [0.15, 0.2) is 6.29 Å². The molecule has 10 unspecified atom stereocenters. The van der Waals surface area contributed by atoms with Crippen molar-refractivity contribution in [2.45, 2.75) is 95.5 Å². The van der Waals surface area contributed by atoms with Crippen molar-refractivity contribution in [3.8, 4) is 0 Å². The van der Waals surface area contributed by atoms with Crippen LogP contribution in [-0.2, 0) is 28.5 Å². The van der Waals surface area contributed by atoms with Crippen LogP contribution < -0.4 is 0 Å². The molecule has 1 saturated carbocycles. The van der Waals surface area contributed by atoms with Gasteiger partial charge in [0.25, 0.3) is 0 Å². The standard InChI is InChI=1S/C26H40O12/c1-13(8-10-27)5-4-6-14(2)23(34)38-26(3)9-7-15-16(22(32)33)12-35-24(18(15)26)37-25-21(31)20(30)19(29)17(11-28)36-25/h6,12-13,15,17-21,24-25,27-31H,4-5,7-11H2,1-3H3,(H,32,33)/b14-6+. The lowest BCUT2D eigenvalue weighted by Crippen LogP contribution is -2.61. The van der Waals surface area contributed by atoms with E-state index >= 15 is 0 Å². The van der Waals surface area contributed by atoms with Crippen LogP contribution in [-0.4, -0.2) is 98.4 Å². The van der Waals surface area contributed by atoms with Crippen LogP contribution >= 0.6 is 0 Å². The molecule has 0 radical (unpaired) electrons. The van der Waals surface area contributed by atoms with Gasteiger partial charge in [-0.1, -0.05) is 13.0 Å². The molecule has 0 amide bonds. The van der Waals surface area contributed by atoms with Crippen molar-refractivity contribution in [2.24, 2.45) is 17.8 Å². The number of carboxylic acids is 1. The van der Waals surface area contributed by atoms with Crippen LogP contribution in [0.1, 0.15) is 52.9 Å². The van der Waals surface area contributed by atoms with E-state index in [1.54, 1.807) is 19.9 Å². The summed E-state index contributed by atoms with van der Waals surface area (Å²) in [6.45, 7) is 4.78. The van der Waals surface area contributed by atoms with E-state index in [1.807, 2.05) is 6.92 Å². The van der Waals surface area contributed by atoms with Crippen molar-refractivity contribution in [2.75, 3.05) is 13.2 Å². The van der Waals surface area contributed by atoms with Gasteiger partial charge in [0.05, 0.1) is 24.4 Å². The van der Waals surface area contributed by atoms with Gasteiger partial charge in [-0.3, -0.25) is 0 Å². The Morgan fingerprint density at radius 2 is 1.87 bits per heavy atom. The number of ether oxygens (including phenoxy) is 4. The van der Waals surface area contributed by atoms with E-state index in [9.17, 15) is 35.1 Å². The molecule has 0 bridgehead atoms. The summed E-state index contributed by atoms with van der Waals surface area (Å²) in [6, 6.07) is 0. The van der Waals surface area contributed by atoms with Crippen LogP contribution in [0.3, 0.4) is 0 Å². The Kier molecular flexibility index (Phi) is 10.3. The highest BCUT2D eigenvalue weighted by atomic mass is 16.8. The predicted octanol–water partition coefficient (Wildman–Crippen LogP) is 0.201. The Bertz CT molecular complexity index is 901. The molecule has 0 spiro atoms. The fraction of sp³-hybridized carbons (Fsp3) is 0.769. The molecule has 12 nitrogen and oxygen atoms in total. The number of aliphatic carboxylic acids is 1. The van der Waals surface area contributed by atoms with Crippen LogP contribution in [0.25, 0.3) is 0 Å². The first-order chi connectivity index (χ1) is 17.9. The van der Waals surface area contributed by atoms with Crippen molar-refractivity contribution >= 4 is 11.9 Å². The minimum absolute atomic E-state index is 0.00596. The summed E-state index contributed by atoms with van der Waals surface area (Å²) < 4.78 is 22.8. The Morgan fingerprint density at radius 1 is 1.16 bits per heavy atom. The minimum atomic E-state index is -1.69. The first-order valence-electron chi connectivity index (χ1n) is 13.0. The molecule has 12 heteroatoms. The molecule has 10 atom stereocenters. The van der Waals surface area contributed by atoms with Gasteiger partial charge in [-0.2, -0.15) is 0 Å². The van der Waals surface area contributed by atoms with Crippen molar-refractivity contribution < 1.29 is 59.2 Å². The third-order valence-electron chi connectivity index (χ3n) is 7.86. The second-order valence-corrected chi connectivity index (χ2v) is 10.7. The van der Waals surface area contributed by atoms with Crippen molar-refractivity contribution in [3.05, 3.63) is 23.5 Å². The smallest absolute Gasteiger partial charge is 0.334 e. The maximum absolute atomic E-state index is 13.0. The number of allylic oxidation sites excluding steroid dienone is 1. The summed E-state index contributed by atoms with van der Waals surface area (Å²) in [5.74, 6) is -2.85. The molecule has 2 heterocycles. The molecule has 2 aliphatic heterocycles. The number of carbonyl (C=O) groups excluding carboxylic acids is 1. The van der Waals surface area contributed by atoms with E-state index in [2.05, 4.69) is 0 Å². The number of aliphatic hydroxyl groups excluding tert-OH is 5. The highest BCUT2D eigenvalue weighted by Crippen LogP contribution is 2.51. The lowest BCUT2D eigenvalue weighted by molar-refractivity contribution is -0.346. The first kappa shape index (κ1) is 30.5. The number of aliphatic hydroxyl groups is 5. The Morgan fingerprint density at radius 3 is 2.50 bits per heavy atom. The summed E-state index contributed by atoms with van der Waals surface area (Å²) in [5.41, 5.74) is -0.814. The quantitative estimate of drug-likeness (QED) is 0.153. The zero-order valence-electron chi connectivity index (χ0n) is 21.9. The van der Waals surface area contributed by atoms with Gasteiger partial charge in [0.1, 0.15) is 30.0 Å². The molecular weight excluding hydrogens is 504 g/mol. The number of fused-ring (bicyclic) bond motifs is 1. The largest absolute Gasteiger partial charge is 0.478 e. The van der Waals surface area contributed by atoms with Crippen molar-refractivity contribution in [3.63, 3.8) is 0 Å². The van der Waals surface area contributed by atoms with Crippen LogP contribution in [0.15, 0.2) is 23.5 Å². The minimum Gasteiger partial charge on any atom is -0.478 e. The fourth-order valence-corrected chi connectivity index (χ4v) is 5.43. The zero-order valence-corrected chi connectivity index (χ0v) is 21.9. The van der Waals surface area contributed by atoms with Gasteiger partial charge in [-0.15, -0.1) is 0 Å². The van der Waals surface area contributed by atoms with Crippen LogP contribution in [0.5, 0.6) is 0 Å². The average molecular weight is 545 g/mol. The van der Waals surface area contributed by atoms with E-state index < -0.39 is 73.0 Å². The Labute approximate surface area is 221 Å². The van der Waals surface area contributed by atoms with Gasteiger partial charge >= 0.3 is 11.9 Å². The second-order valence-electron chi connectivity index (χ2n) is 10.7. The number of hydrogen-bond donors (Lipinski definition) is 6. The van der Waals surface area contributed by atoms with Gasteiger partial charge in [-0.25, -0.2) is 9.59 Å². The first-order valence-corrected chi connectivity index (χ1v) is 13.0. The monoisotopic (exact) mass is 544 g/mol. The average Bonchev–Trinajstić information content (AvgIpc) is 3.21. The lowest BCUT2D eigenvalue weighted by Gasteiger charge is -2.44. The second kappa shape index (κ2) is 12.9. The highest BCUT2D eigenvalue weighted by Gasteiger charge is 2.58. The predicted molar refractivity (Wildman–Crippen MR) is 130 cm³/mol. The molecule has 2 fully saturated rings. The Balaban J connectivity index is 1.79.